The van der Waals surface area contributed by atoms with E-state index in [1.54, 1.807) is 56.3 Å². The molecule has 0 heterocycles. The van der Waals surface area contributed by atoms with Crippen molar-refractivity contribution < 1.29 is 18.0 Å². The maximum absolute atomic E-state index is 14.1. The van der Waals surface area contributed by atoms with E-state index in [1.807, 2.05) is 20.8 Å². The van der Waals surface area contributed by atoms with Gasteiger partial charge in [-0.25, -0.2) is 8.42 Å². The van der Waals surface area contributed by atoms with E-state index in [0.717, 1.165) is 9.87 Å². The highest BCUT2D eigenvalue weighted by Crippen LogP contribution is 2.30. The van der Waals surface area contributed by atoms with Crippen LogP contribution in [0.5, 0.6) is 0 Å². The molecular weight excluding hydrogens is 605 g/mol. The molecule has 7 nitrogen and oxygen atoms in total. The van der Waals surface area contributed by atoms with E-state index >= 15 is 0 Å². The largest absolute Gasteiger partial charge is 0.352 e. The molecule has 1 N–H and O–H groups in total. The van der Waals surface area contributed by atoms with Gasteiger partial charge >= 0.3 is 0 Å². The molecule has 11 heteroatoms. The minimum Gasteiger partial charge on any atom is -0.352 e. The third kappa shape index (κ3) is 8.16. The summed E-state index contributed by atoms with van der Waals surface area (Å²) in [5, 5.41) is 3.87. The minimum atomic E-state index is -4.20. The van der Waals surface area contributed by atoms with Gasteiger partial charge in [0.2, 0.25) is 11.8 Å². The van der Waals surface area contributed by atoms with Crippen LogP contribution in [-0.2, 0) is 26.2 Å². The Bertz CT molecular complexity index is 1510. The topological polar surface area (TPSA) is 86.8 Å². The Kier molecular flexibility index (Phi) is 11.1. The van der Waals surface area contributed by atoms with Crippen molar-refractivity contribution in [3.8, 4) is 0 Å². The SMILES string of the molecule is CC[C@H](C)NC(=O)[C@H](C)N(Cc1ccc(Cl)c(Cl)c1)C(=O)CN(c1cc(Cl)ccc1C)S(=O)(=O)c1ccc(C)cc1. The molecule has 0 unspecified atom stereocenters. The molecule has 0 saturated heterocycles. The molecule has 3 aromatic rings. The van der Waals surface area contributed by atoms with Crippen molar-refractivity contribution in [3.05, 3.63) is 92.4 Å². The number of benzene rings is 3. The number of anilines is 1. The van der Waals surface area contributed by atoms with Gasteiger partial charge in [-0.15, -0.1) is 0 Å². The number of halogens is 3. The van der Waals surface area contributed by atoms with Gasteiger partial charge in [0.1, 0.15) is 12.6 Å². The lowest BCUT2D eigenvalue weighted by molar-refractivity contribution is -0.139. The van der Waals surface area contributed by atoms with E-state index in [0.29, 0.717) is 32.6 Å². The average Bonchev–Trinajstić information content (AvgIpc) is 2.93. The Morgan fingerprint density at radius 3 is 2.17 bits per heavy atom. The molecule has 0 aromatic heterocycles. The van der Waals surface area contributed by atoms with Gasteiger partial charge < -0.3 is 10.2 Å². The fourth-order valence-electron chi connectivity index (χ4n) is 4.08. The first-order chi connectivity index (χ1) is 19.2. The van der Waals surface area contributed by atoms with E-state index in [9.17, 15) is 18.0 Å². The Morgan fingerprint density at radius 1 is 0.902 bits per heavy atom. The molecule has 0 saturated carbocycles. The zero-order valence-electron chi connectivity index (χ0n) is 23.6. The molecule has 0 spiro atoms. The van der Waals surface area contributed by atoms with Crippen molar-refractivity contribution in [1.82, 2.24) is 10.2 Å². The lowest BCUT2D eigenvalue weighted by Crippen LogP contribution is -2.52. The fraction of sp³-hybridized carbons (Fsp3) is 0.333. The van der Waals surface area contributed by atoms with Gasteiger partial charge in [-0.1, -0.05) is 71.6 Å². The molecule has 0 fully saturated rings. The second-order valence-corrected chi connectivity index (χ2v) is 13.1. The first-order valence-electron chi connectivity index (χ1n) is 13.1. The third-order valence-electron chi connectivity index (χ3n) is 6.83. The van der Waals surface area contributed by atoms with Gasteiger partial charge in [-0.3, -0.25) is 13.9 Å². The highest BCUT2D eigenvalue weighted by molar-refractivity contribution is 7.92. The van der Waals surface area contributed by atoms with Gasteiger partial charge in [0.05, 0.1) is 20.6 Å². The van der Waals surface area contributed by atoms with Crippen molar-refractivity contribution in [2.75, 3.05) is 10.8 Å². The molecule has 0 bridgehead atoms. The number of nitrogens with zero attached hydrogens (tertiary/aromatic N) is 2. The van der Waals surface area contributed by atoms with Crippen LogP contribution < -0.4 is 9.62 Å². The summed E-state index contributed by atoms with van der Waals surface area (Å²) in [5.74, 6) is -0.947. The highest BCUT2D eigenvalue weighted by atomic mass is 35.5. The quantitative estimate of drug-likeness (QED) is 0.251. The van der Waals surface area contributed by atoms with E-state index in [2.05, 4.69) is 5.32 Å². The number of rotatable bonds is 11. The maximum Gasteiger partial charge on any atom is 0.264 e. The van der Waals surface area contributed by atoms with Gasteiger partial charge in [0.15, 0.2) is 0 Å². The lowest BCUT2D eigenvalue weighted by Gasteiger charge is -2.33. The number of hydrogen-bond acceptors (Lipinski definition) is 4. The van der Waals surface area contributed by atoms with Crippen molar-refractivity contribution in [2.45, 2.75) is 64.6 Å². The van der Waals surface area contributed by atoms with Gasteiger partial charge in [0, 0.05) is 17.6 Å². The predicted molar refractivity (Wildman–Crippen MR) is 166 cm³/mol. The van der Waals surface area contributed by atoms with Crippen molar-refractivity contribution in [1.29, 1.82) is 0 Å². The number of amides is 2. The molecule has 220 valence electrons. The van der Waals surface area contributed by atoms with E-state index in [1.165, 1.54) is 23.1 Å². The van der Waals surface area contributed by atoms with Crippen LogP contribution in [-0.4, -0.2) is 43.8 Å². The molecule has 0 radical (unpaired) electrons. The van der Waals surface area contributed by atoms with Gasteiger partial charge in [-0.2, -0.15) is 0 Å². The number of sulfonamides is 1. The molecule has 2 atom stereocenters. The first kappa shape index (κ1) is 32.7. The van der Waals surface area contributed by atoms with Crippen molar-refractivity contribution in [3.63, 3.8) is 0 Å². The smallest absolute Gasteiger partial charge is 0.264 e. The molecule has 2 amide bonds. The summed E-state index contributed by atoms with van der Waals surface area (Å²) in [6.45, 7) is 8.44. The number of hydrogen-bond donors (Lipinski definition) is 1. The summed E-state index contributed by atoms with van der Waals surface area (Å²) >= 11 is 18.6. The third-order valence-corrected chi connectivity index (χ3v) is 9.58. The Morgan fingerprint density at radius 2 is 1.56 bits per heavy atom. The van der Waals surface area contributed by atoms with Crippen LogP contribution in [0.15, 0.2) is 65.6 Å². The van der Waals surface area contributed by atoms with E-state index in [-0.39, 0.29) is 29.1 Å². The molecule has 3 aromatic carbocycles. The van der Waals surface area contributed by atoms with Gasteiger partial charge in [0.25, 0.3) is 10.0 Å². The highest BCUT2D eigenvalue weighted by Gasteiger charge is 2.33. The number of carbonyl (C=O) groups is 2. The first-order valence-corrected chi connectivity index (χ1v) is 15.7. The lowest BCUT2D eigenvalue weighted by atomic mass is 10.1. The number of aryl methyl sites for hydroxylation is 2. The monoisotopic (exact) mass is 637 g/mol. The summed E-state index contributed by atoms with van der Waals surface area (Å²) in [6.07, 6.45) is 0.704. The van der Waals surface area contributed by atoms with Gasteiger partial charge in [-0.05, 0) is 81.6 Å². The van der Waals surface area contributed by atoms with Crippen LogP contribution >= 0.6 is 34.8 Å². The zero-order chi connectivity index (χ0) is 30.5. The van der Waals surface area contributed by atoms with Crippen molar-refractivity contribution in [2.24, 2.45) is 0 Å². The molecule has 0 aliphatic carbocycles. The van der Waals surface area contributed by atoms with Crippen LogP contribution in [0.3, 0.4) is 0 Å². The summed E-state index contributed by atoms with van der Waals surface area (Å²) in [5.41, 5.74) is 2.39. The second-order valence-electron chi connectivity index (χ2n) is 10.0. The average molecular weight is 639 g/mol. The normalized spacial score (nSPS) is 12.9. The maximum atomic E-state index is 14.1. The summed E-state index contributed by atoms with van der Waals surface area (Å²) in [4.78, 5) is 28.6. The van der Waals surface area contributed by atoms with Crippen LogP contribution in [0.2, 0.25) is 15.1 Å². The summed E-state index contributed by atoms with van der Waals surface area (Å²) in [6, 6.07) is 15.1. The molecule has 0 aliphatic rings. The molecule has 3 rings (SSSR count). The fourth-order valence-corrected chi connectivity index (χ4v) is 6.04. The molecular formula is C30H34Cl3N3O4S. The summed E-state index contributed by atoms with van der Waals surface area (Å²) < 4.78 is 29.0. The number of nitrogens with one attached hydrogen (secondary N) is 1. The molecule has 41 heavy (non-hydrogen) atoms. The van der Waals surface area contributed by atoms with Crippen LogP contribution in [0.1, 0.15) is 43.9 Å². The standard InChI is InChI=1S/C30H34Cl3N3O4S/c1-6-21(4)34-30(38)22(5)35(17-23-10-14-26(32)27(33)15-23)29(37)18-36(28-16-24(31)11-9-20(28)3)41(39,40)25-12-7-19(2)8-13-25/h7-16,21-22H,6,17-18H2,1-5H3,(H,34,38)/t21-,22-/m0/s1. The molecule has 0 aliphatic heterocycles. The van der Waals surface area contributed by atoms with E-state index < -0.39 is 28.5 Å². The van der Waals surface area contributed by atoms with Crippen LogP contribution in [0.25, 0.3) is 0 Å². The Balaban J connectivity index is 2.08. The summed E-state index contributed by atoms with van der Waals surface area (Å²) in [7, 11) is -4.20. The zero-order valence-corrected chi connectivity index (χ0v) is 26.7. The van der Waals surface area contributed by atoms with E-state index in [4.69, 9.17) is 34.8 Å². The Labute approximate surface area is 257 Å². The van der Waals surface area contributed by atoms with Crippen molar-refractivity contribution >= 4 is 62.3 Å². The predicted octanol–water partition coefficient (Wildman–Crippen LogP) is 6.79. The van der Waals surface area contributed by atoms with Crippen LogP contribution in [0, 0.1) is 13.8 Å². The van der Waals surface area contributed by atoms with Crippen LogP contribution in [0.4, 0.5) is 5.69 Å². The minimum absolute atomic E-state index is 0.00222. The Hall–Kier alpha value is -2.78. The number of carbonyl (C=O) groups excluding carboxylic acids is 2. The second kappa shape index (κ2) is 13.9.